The van der Waals surface area contributed by atoms with Crippen LogP contribution in [0.2, 0.25) is 0 Å². The van der Waals surface area contributed by atoms with Gasteiger partial charge < -0.3 is 5.11 Å². The number of ketones is 2. The molecule has 3 nitrogen and oxygen atoms in total. The van der Waals surface area contributed by atoms with Crippen LogP contribution in [0.5, 0.6) is 0 Å². The van der Waals surface area contributed by atoms with Gasteiger partial charge in [-0.15, -0.1) is 0 Å². The maximum atomic E-state index is 10.7. The third-order valence-corrected chi connectivity index (χ3v) is 1.23. The largest absolute Gasteiger partial charge is 0.504 e. The van der Waals surface area contributed by atoms with E-state index in [1.807, 2.05) is 13.8 Å². The number of rotatable bonds is 0. The lowest BCUT2D eigenvalue weighted by atomic mass is 10.0. The fraction of sp³-hybridized carbons (Fsp3) is 0.333. The summed E-state index contributed by atoms with van der Waals surface area (Å²) in [6, 6.07) is 0. The Morgan fingerprint density at radius 1 is 1.17 bits per heavy atom. The van der Waals surface area contributed by atoms with Crippen molar-refractivity contribution in [1.29, 1.82) is 0 Å². The van der Waals surface area contributed by atoms with Crippen molar-refractivity contribution in [2.75, 3.05) is 0 Å². The Morgan fingerprint density at radius 3 is 2.08 bits per heavy atom. The van der Waals surface area contributed by atoms with Gasteiger partial charge in [0.1, 0.15) is 0 Å². The molecule has 1 aliphatic rings. The fourth-order valence-corrected chi connectivity index (χ4v) is 0.723. The summed E-state index contributed by atoms with van der Waals surface area (Å²) in [5.41, 5.74) is 0.282. The molecule has 0 saturated carbocycles. The van der Waals surface area contributed by atoms with Gasteiger partial charge in [0.25, 0.3) is 0 Å². The zero-order valence-corrected chi connectivity index (χ0v) is 7.42. The van der Waals surface area contributed by atoms with Crippen molar-refractivity contribution >= 4 is 11.6 Å². The lowest BCUT2D eigenvalue weighted by Crippen LogP contribution is -2.11. The zero-order valence-electron chi connectivity index (χ0n) is 7.42. The van der Waals surface area contributed by atoms with Crippen LogP contribution in [-0.2, 0) is 9.59 Å². The van der Waals surface area contributed by atoms with E-state index < -0.39 is 11.5 Å². The molecule has 0 radical (unpaired) electrons. The molecular weight excluding hydrogens is 156 g/mol. The normalized spacial score (nSPS) is 15.9. The lowest BCUT2D eigenvalue weighted by molar-refractivity contribution is -0.117. The number of hydrogen-bond donors (Lipinski definition) is 1. The second-order valence-electron chi connectivity index (χ2n) is 2.09. The molecule has 0 aromatic carbocycles. The number of carbonyl (C=O) groups is 2. The highest BCUT2D eigenvalue weighted by atomic mass is 16.3. The first kappa shape index (κ1) is 10.6. The van der Waals surface area contributed by atoms with Gasteiger partial charge in [0.2, 0.25) is 5.78 Å². The van der Waals surface area contributed by atoms with E-state index in [4.69, 9.17) is 5.11 Å². The summed E-state index contributed by atoms with van der Waals surface area (Å²) in [5.74, 6) is -1.28. The minimum atomic E-state index is -0.473. The van der Waals surface area contributed by atoms with E-state index in [-0.39, 0.29) is 11.4 Å². The fourth-order valence-electron chi connectivity index (χ4n) is 0.723. The van der Waals surface area contributed by atoms with Crippen LogP contribution in [0.4, 0.5) is 0 Å². The van der Waals surface area contributed by atoms with Crippen LogP contribution in [0, 0.1) is 0 Å². The first-order valence-corrected chi connectivity index (χ1v) is 3.79. The third-order valence-electron chi connectivity index (χ3n) is 1.23. The summed E-state index contributed by atoms with van der Waals surface area (Å²) >= 11 is 0. The maximum Gasteiger partial charge on any atom is 0.223 e. The Hall–Kier alpha value is -1.38. The van der Waals surface area contributed by atoms with Crippen molar-refractivity contribution in [2.45, 2.75) is 20.8 Å². The van der Waals surface area contributed by atoms with E-state index in [2.05, 4.69) is 0 Å². The van der Waals surface area contributed by atoms with E-state index in [0.29, 0.717) is 0 Å². The Labute approximate surface area is 71.4 Å². The third kappa shape index (κ3) is 2.34. The van der Waals surface area contributed by atoms with Crippen LogP contribution >= 0.6 is 0 Å². The highest BCUT2D eigenvalue weighted by Gasteiger charge is 2.16. The summed E-state index contributed by atoms with van der Waals surface area (Å²) in [6.45, 7) is 5.49. The van der Waals surface area contributed by atoms with Gasteiger partial charge in [-0.1, -0.05) is 13.8 Å². The Kier molecular flexibility index (Phi) is 3.97. The first-order valence-electron chi connectivity index (χ1n) is 3.79. The highest BCUT2D eigenvalue weighted by Crippen LogP contribution is 2.08. The number of hydrogen-bond acceptors (Lipinski definition) is 3. The van der Waals surface area contributed by atoms with Crippen LogP contribution in [0.3, 0.4) is 0 Å². The Morgan fingerprint density at radius 2 is 1.67 bits per heavy atom. The SMILES string of the molecule is CC.CC1=CC(=O)C=C(O)C1=O. The maximum absolute atomic E-state index is 10.7. The summed E-state index contributed by atoms with van der Waals surface area (Å²) in [7, 11) is 0. The Balaban J connectivity index is 0.000000561. The Bertz CT molecular complexity index is 235. The molecule has 0 heterocycles. The minimum absolute atomic E-state index is 0.282. The second-order valence-corrected chi connectivity index (χ2v) is 2.09. The molecule has 0 aromatic rings. The number of aliphatic hydroxyl groups excluding tert-OH is 1. The van der Waals surface area contributed by atoms with Crippen molar-refractivity contribution in [1.82, 2.24) is 0 Å². The summed E-state index contributed by atoms with van der Waals surface area (Å²) in [4.78, 5) is 21.3. The van der Waals surface area contributed by atoms with Gasteiger partial charge in [0.05, 0.1) is 0 Å². The van der Waals surface area contributed by atoms with Gasteiger partial charge in [0, 0.05) is 11.6 Å². The molecule has 0 amide bonds. The van der Waals surface area contributed by atoms with Crippen molar-refractivity contribution in [2.24, 2.45) is 0 Å². The molecule has 1 N–H and O–H groups in total. The number of aliphatic hydroxyl groups is 1. The smallest absolute Gasteiger partial charge is 0.223 e. The molecule has 0 aliphatic heterocycles. The van der Waals surface area contributed by atoms with E-state index in [1.54, 1.807) is 0 Å². The van der Waals surface area contributed by atoms with Gasteiger partial charge in [0.15, 0.2) is 11.5 Å². The predicted octanol–water partition coefficient (Wildman–Crippen LogP) is 1.55. The average Bonchev–Trinajstić information content (AvgIpc) is 2.04. The van der Waals surface area contributed by atoms with Gasteiger partial charge in [-0.05, 0) is 13.0 Å². The molecule has 3 heteroatoms. The molecule has 0 fully saturated rings. The number of allylic oxidation sites excluding steroid dienone is 3. The van der Waals surface area contributed by atoms with Crippen LogP contribution in [0.1, 0.15) is 20.8 Å². The molecule has 0 spiro atoms. The quantitative estimate of drug-likeness (QED) is 0.558. The topological polar surface area (TPSA) is 54.4 Å². The van der Waals surface area contributed by atoms with Crippen molar-refractivity contribution in [3.63, 3.8) is 0 Å². The summed E-state index contributed by atoms with van der Waals surface area (Å²) in [6.07, 6.45) is 2.11. The van der Waals surface area contributed by atoms with Gasteiger partial charge in [-0.25, -0.2) is 0 Å². The van der Waals surface area contributed by atoms with E-state index >= 15 is 0 Å². The predicted molar refractivity (Wildman–Crippen MR) is 45.8 cm³/mol. The molecule has 12 heavy (non-hydrogen) atoms. The lowest BCUT2D eigenvalue weighted by Gasteiger charge is -2.02. The van der Waals surface area contributed by atoms with Crippen molar-refractivity contribution in [3.8, 4) is 0 Å². The van der Waals surface area contributed by atoms with Crippen LogP contribution in [-0.4, -0.2) is 16.7 Å². The van der Waals surface area contributed by atoms with Crippen molar-refractivity contribution in [3.05, 3.63) is 23.5 Å². The minimum Gasteiger partial charge on any atom is -0.504 e. The molecule has 0 unspecified atom stereocenters. The van der Waals surface area contributed by atoms with Gasteiger partial charge >= 0.3 is 0 Å². The number of Topliss-reactive ketones (excluding diaryl/α,β-unsaturated/α-hetero) is 1. The highest BCUT2D eigenvalue weighted by molar-refractivity contribution is 6.18. The van der Waals surface area contributed by atoms with Gasteiger partial charge in [-0.3, -0.25) is 9.59 Å². The first-order chi connectivity index (χ1) is 5.61. The molecule has 0 aromatic heterocycles. The van der Waals surface area contributed by atoms with Crippen LogP contribution < -0.4 is 0 Å². The summed E-state index contributed by atoms with van der Waals surface area (Å²) in [5, 5.41) is 8.77. The monoisotopic (exact) mass is 168 g/mol. The molecule has 66 valence electrons. The summed E-state index contributed by atoms with van der Waals surface area (Å²) < 4.78 is 0. The standard InChI is InChI=1S/C7H6O3.C2H6/c1-4-2-5(8)3-6(9)7(4)10;1-2/h2-3,9H,1H3;1-2H3. The van der Waals surface area contributed by atoms with E-state index in [9.17, 15) is 9.59 Å². The molecular formula is C9H12O3. The second kappa shape index (κ2) is 4.49. The zero-order chi connectivity index (χ0) is 9.72. The van der Waals surface area contributed by atoms with Crippen molar-refractivity contribution < 1.29 is 14.7 Å². The van der Waals surface area contributed by atoms with E-state index in [0.717, 1.165) is 6.08 Å². The van der Waals surface area contributed by atoms with E-state index in [1.165, 1.54) is 13.0 Å². The van der Waals surface area contributed by atoms with Crippen LogP contribution in [0.25, 0.3) is 0 Å². The molecule has 0 atom stereocenters. The molecule has 1 rings (SSSR count). The molecule has 0 saturated heterocycles. The molecule has 0 bridgehead atoms. The number of carbonyl (C=O) groups excluding carboxylic acids is 2. The van der Waals surface area contributed by atoms with Gasteiger partial charge in [-0.2, -0.15) is 0 Å². The molecule has 1 aliphatic carbocycles. The average molecular weight is 168 g/mol. The van der Waals surface area contributed by atoms with Crippen LogP contribution in [0.15, 0.2) is 23.5 Å².